The zero-order valence-corrected chi connectivity index (χ0v) is 17.9. The summed E-state index contributed by atoms with van der Waals surface area (Å²) < 4.78 is 5.09. The van der Waals surface area contributed by atoms with Crippen molar-refractivity contribution in [3.63, 3.8) is 0 Å². The summed E-state index contributed by atoms with van der Waals surface area (Å²) in [5, 5.41) is 2.73. The lowest BCUT2D eigenvalue weighted by atomic mass is 10.1. The molecule has 8 heteroatoms. The third-order valence-electron chi connectivity index (χ3n) is 5.25. The van der Waals surface area contributed by atoms with Gasteiger partial charge < -0.3 is 9.73 Å². The molecule has 31 heavy (non-hydrogen) atoms. The first-order valence-corrected chi connectivity index (χ1v) is 11.0. The highest BCUT2D eigenvalue weighted by molar-refractivity contribution is 7.14. The van der Waals surface area contributed by atoms with Gasteiger partial charge in [0, 0.05) is 16.1 Å². The topological polar surface area (TPSA) is 100 Å². The molecule has 0 atom stereocenters. The van der Waals surface area contributed by atoms with Crippen molar-refractivity contribution < 1.29 is 18.8 Å². The van der Waals surface area contributed by atoms with Crippen LogP contribution in [0.2, 0.25) is 0 Å². The second kappa shape index (κ2) is 9.18. The van der Waals surface area contributed by atoms with E-state index in [1.54, 1.807) is 30.3 Å². The zero-order valence-electron chi connectivity index (χ0n) is 17.1. The summed E-state index contributed by atoms with van der Waals surface area (Å²) in [7, 11) is 0. The number of fused-ring (bicyclic) bond motifs is 1. The first kappa shape index (κ1) is 20.9. The summed E-state index contributed by atoms with van der Waals surface area (Å²) >= 11 is 1.49. The number of rotatable bonds is 4. The summed E-state index contributed by atoms with van der Waals surface area (Å²) in [6, 6.07) is 10.0. The molecule has 160 valence electrons. The fourth-order valence-corrected chi connectivity index (χ4v) is 4.67. The normalized spacial score (nSPS) is 13.1. The first-order chi connectivity index (χ1) is 15.0. The average molecular weight is 438 g/mol. The van der Waals surface area contributed by atoms with Crippen LogP contribution in [0.25, 0.3) is 0 Å². The van der Waals surface area contributed by atoms with Crippen LogP contribution in [0.1, 0.15) is 65.9 Å². The number of carbonyl (C=O) groups excluding carboxylic acids is 3. The predicted octanol–water partition coefficient (Wildman–Crippen LogP) is 4.25. The van der Waals surface area contributed by atoms with Gasteiger partial charge in [0.05, 0.1) is 11.1 Å². The van der Waals surface area contributed by atoms with Crippen LogP contribution in [0.5, 0.6) is 0 Å². The summed E-state index contributed by atoms with van der Waals surface area (Å²) in [4.78, 5) is 39.1. The number of benzene rings is 1. The van der Waals surface area contributed by atoms with Crippen LogP contribution in [0.15, 0.2) is 47.1 Å². The van der Waals surface area contributed by atoms with E-state index in [9.17, 15) is 14.4 Å². The van der Waals surface area contributed by atoms with E-state index >= 15 is 0 Å². The molecule has 0 saturated heterocycles. The Kier molecular flexibility index (Phi) is 6.18. The van der Waals surface area contributed by atoms with E-state index in [1.165, 1.54) is 34.5 Å². The van der Waals surface area contributed by atoms with Crippen molar-refractivity contribution in [2.24, 2.45) is 0 Å². The third-order valence-corrected chi connectivity index (χ3v) is 6.49. The molecule has 1 aromatic carbocycles. The maximum absolute atomic E-state index is 12.5. The second-order valence-corrected chi connectivity index (χ2v) is 8.63. The molecule has 0 radical (unpaired) electrons. The van der Waals surface area contributed by atoms with Crippen molar-refractivity contribution in [1.82, 2.24) is 10.9 Å². The molecule has 3 amide bonds. The molecule has 0 unspecified atom stereocenters. The molecule has 0 spiro atoms. The molecule has 7 nitrogen and oxygen atoms in total. The van der Waals surface area contributed by atoms with Gasteiger partial charge in [-0.15, -0.1) is 11.3 Å². The fraction of sp³-hybridized carbons (Fsp3) is 0.261. The molecule has 2 aromatic heterocycles. The molecule has 3 aromatic rings. The zero-order chi connectivity index (χ0) is 21.8. The number of hydrazine groups is 1. The van der Waals surface area contributed by atoms with Crippen LogP contribution in [0.3, 0.4) is 0 Å². The summed E-state index contributed by atoms with van der Waals surface area (Å²) in [5.74, 6) is -1.03. The molecule has 0 fully saturated rings. The average Bonchev–Trinajstić information content (AvgIpc) is 3.40. The second-order valence-electron chi connectivity index (χ2n) is 7.49. The van der Waals surface area contributed by atoms with Gasteiger partial charge >= 0.3 is 0 Å². The number of hydrogen-bond donors (Lipinski definition) is 3. The molecule has 4 rings (SSSR count). The number of anilines is 1. The maximum Gasteiger partial charge on any atom is 0.291 e. The lowest BCUT2D eigenvalue weighted by molar-refractivity contribution is 0.0849. The van der Waals surface area contributed by atoms with Crippen molar-refractivity contribution >= 4 is 34.7 Å². The quantitative estimate of drug-likeness (QED) is 0.420. The van der Waals surface area contributed by atoms with Gasteiger partial charge in [0.25, 0.3) is 17.7 Å². The number of nitrogens with one attached hydrogen (secondary N) is 3. The molecule has 3 N–H and O–H groups in total. The number of amides is 3. The van der Waals surface area contributed by atoms with E-state index < -0.39 is 11.8 Å². The molecule has 2 heterocycles. The lowest BCUT2D eigenvalue weighted by Crippen LogP contribution is -2.41. The van der Waals surface area contributed by atoms with E-state index in [1.807, 2.05) is 13.0 Å². The largest absolute Gasteiger partial charge is 0.459 e. The maximum atomic E-state index is 12.5. The van der Waals surface area contributed by atoms with Crippen LogP contribution in [-0.2, 0) is 12.8 Å². The SMILES string of the molecule is Cc1ccc(C(=O)NNC(=O)c2cc3c(s2)CCCCC3)cc1NC(=O)c1ccco1. The van der Waals surface area contributed by atoms with Gasteiger partial charge in [-0.2, -0.15) is 0 Å². The molecule has 0 saturated carbocycles. The van der Waals surface area contributed by atoms with Crippen LogP contribution in [0.4, 0.5) is 5.69 Å². The van der Waals surface area contributed by atoms with Gasteiger partial charge in [-0.25, -0.2) is 0 Å². The number of hydrogen-bond acceptors (Lipinski definition) is 5. The molecular weight excluding hydrogens is 414 g/mol. The van der Waals surface area contributed by atoms with Gasteiger partial charge in [-0.05, 0) is 74.1 Å². The number of carbonyl (C=O) groups is 3. The van der Waals surface area contributed by atoms with Crippen molar-refractivity contribution in [3.8, 4) is 0 Å². The highest BCUT2D eigenvalue weighted by Crippen LogP contribution is 2.28. The highest BCUT2D eigenvalue weighted by Gasteiger charge is 2.18. The fourth-order valence-electron chi connectivity index (χ4n) is 3.52. The number of thiophene rings is 1. The Morgan fingerprint density at radius 3 is 2.55 bits per heavy atom. The Morgan fingerprint density at radius 2 is 1.74 bits per heavy atom. The van der Waals surface area contributed by atoms with Gasteiger partial charge in [0.15, 0.2) is 5.76 Å². The summed E-state index contributed by atoms with van der Waals surface area (Å²) in [5.41, 5.74) is 7.78. The van der Waals surface area contributed by atoms with Crippen LogP contribution >= 0.6 is 11.3 Å². The van der Waals surface area contributed by atoms with E-state index in [0.29, 0.717) is 16.1 Å². The molecule has 1 aliphatic carbocycles. The summed E-state index contributed by atoms with van der Waals surface area (Å²) in [6.45, 7) is 1.82. The number of furan rings is 1. The number of aryl methyl sites for hydroxylation is 3. The predicted molar refractivity (Wildman–Crippen MR) is 118 cm³/mol. The Hall–Kier alpha value is -3.39. The third kappa shape index (κ3) is 4.86. The standard InChI is InChI=1S/C23H23N3O4S/c1-14-9-10-16(12-17(14)24-22(28)18-7-5-11-30-18)21(27)25-26-23(29)20-13-15-6-3-2-4-8-19(15)31-20/h5,7,9-13H,2-4,6,8H2,1H3,(H,24,28)(H,25,27)(H,26,29). The minimum atomic E-state index is -0.472. The Balaban J connectivity index is 1.39. The monoisotopic (exact) mass is 437 g/mol. The van der Waals surface area contributed by atoms with Gasteiger partial charge in [0.2, 0.25) is 0 Å². The van der Waals surface area contributed by atoms with Crippen LogP contribution < -0.4 is 16.2 Å². The Morgan fingerprint density at radius 1 is 0.935 bits per heavy atom. The molecular formula is C23H23N3O4S. The van der Waals surface area contributed by atoms with Crippen LogP contribution in [-0.4, -0.2) is 17.7 Å². The molecule has 1 aliphatic rings. The highest BCUT2D eigenvalue weighted by atomic mass is 32.1. The van der Waals surface area contributed by atoms with Crippen molar-refractivity contribution in [2.75, 3.05) is 5.32 Å². The minimum absolute atomic E-state index is 0.177. The van der Waals surface area contributed by atoms with Crippen molar-refractivity contribution in [2.45, 2.75) is 39.0 Å². The van der Waals surface area contributed by atoms with E-state index in [2.05, 4.69) is 16.2 Å². The molecule has 0 bridgehead atoms. The smallest absolute Gasteiger partial charge is 0.291 e. The van der Waals surface area contributed by atoms with Crippen LogP contribution in [0, 0.1) is 6.92 Å². The van der Waals surface area contributed by atoms with E-state index in [-0.39, 0.29) is 11.7 Å². The first-order valence-electron chi connectivity index (χ1n) is 10.2. The summed E-state index contributed by atoms with van der Waals surface area (Å²) in [6.07, 6.45) is 6.95. The lowest BCUT2D eigenvalue weighted by Gasteiger charge is -2.11. The Labute approximate surface area is 183 Å². The minimum Gasteiger partial charge on any atom is -0.459 e. The van der Waals surface area contributed by atoms with E-state index in [0.717, 1.165) is 31.2 Å². The molecule has 0 aliphatic heterocycles. The van der Waals surface area contributed by atoms with Gasteiger partial charge in [-0.3, -0.25) is 25.2 Å². The van der Waals surface area contributed by atoms with Crippen molar-refractivity contribution in [3.05, 3.63) is 74.9 Å². The van der Waals surface area contributed by atoms with Gasteiger partial charge in [0.1, 0.15) is 0 Å². The van der Waals surface area contributed by atoms with Gasteiger partial charge in [-0.1, -0.05) is 12.5 Å². The van der Waals surface area contributed by atoms with Crippen molar-refractivity contribution in [1.29, 1.82) is 0 Å². The Bertz CT molecular complexity index is 1090. The van der Waals surface area contributed by atoms with E-state index in [4.69, 9.17) is 4.42 Å².